The van der Waals surface area contributed by atoms with Gasteiger partial charge < -0.3 is 5.32 Å². The first-order chi connectivity index (χ1) is 8.97. The Labute approximate surface area is 113 Å². The van der Waals surface area contributed by atoms with Crippen molar-refractivity contribution < 1.29 is 13.0 Å². The van der Waals surface area contributed by atoms with Gasteiger partial charge in [0.05, 0.1) is 11.3 Å². The number of likely N-dealkylation sites (N-methyl/N-ethyl adjacent to an activating group) is 1. The molecule has 0 fully saturated rings. The predicted molar refractivity (Wildman–Crippen MR) is 76.4 cm³/mol. The van der Waals surface area contributed by atoms with Gasteiger partial charge in [-0.1, -0.05) is 48.6 Å². The third-order valence-corrected chi connectivity index (χ3v) is 4.23. The molecule has 19 heavy (non-hydrogen) atoms. The molecule has 0 radical (unpaired) electrons. The molecule has 5 heteroatoms. The van der Waals surface area contributed by atoms with Crippen LogP contribution in [0.1, 0.15) is 12.0 Å². The van der Waals surface area contributed by atoms with E-state index in [0.29, 0.717) is 6.42 Å². The molecule has 1 atom stereocenters. The van der Waals surface area contributed by atoms with Crippen molar-refractivity contribution in [3.63, 3.8) is 0 Å². The summed E-state index contributed by atoms with van der Waals surface area (Å²) in [6.45, 7) is 0. The van der Waals surface area contributed by atoms with Crippen molar-refractivity contribution in [3.05, 3.63) is 54.1 Å². The zero-order valence-electron chi connectivity index (χ0n) is 10.7. The Kier molecular flexibility index (Phi) is 3.89. The highest BCUT2D eigenvalue weighted by atomic mass is 32.2. The van der Waals surface area contributed by atoms with Crippen LogP contribution < -0.4 is 5.32 Å². The summed E-state index contributed by atoms with van der Waals surface area (Å²) < 4.78 is 31.8. The van der Waals surface area contributed by atoms with E-state index in [4.69, 9.17) is 0 Å². The van der Waals surface area contributed by atoms with E-state index < -0.39 is 15.7 Å². The molecule has 0 saturated carbocycles. The van der Waals surface area contributed by atoms with Gasteiger partial charge in [0.15, 0.2) is 0 Å². The predicted octanol–water partition coefficient (Wildman–Crippen LogP) is 1.88. The van der Waals surface area contributed by atoms with Gasteiger partial charge in [-0.3, -0.25) is 4.55 Å². The van der Waals surface area contributed by atoms with E-state index in [-0.39, 0.29) is 5.75 Å². The van der Waals surface area contributed by atoms with Crippen molar-refractivity contribution in [1.82, 2.24) is 5.32 Å². The van der Waals surface area contributed by atoms with Crippen molar-refractivity contribution in [2.75, 3.05) is 12.8 Å². The van der Waals surface area contributed by atoms with Crippen molar-refractivity contribution in [1.29, 1.82) is 0 Å². The molecule has 0 spiro atoms. The fourth-order valence-corrected chi connectivity index (χ4v) is 3.49. The van der Waals surface area contributed by atoms with E-state index >= 15 is 0 Å². The van der Waals surface area contributed by atoms with Crippen molar-refractivity contribution in [2.45, 2.75) is 12.0 Å². The number of rotatable bonds is 4. The molecule has 1 unspecified atom stereocenters. The van der Waals surface area contributed by atoms with Gasteiger partial charge in [0, 0.05) is 0 Å². The van der Waals surface area contributed by atoms with Crippen LogP contribution in [0.5, 0.6) is 0 Å². The molecule has 0 amide bonds. The average molecular weight is 279 g/mol. The fourth-order valence-electron chi connectivity index (χ4n) is 2.45. The summed E-state index contributed by atoms with van der Waals surface area (Å²) in [7, 11) is -2.36. The standard InChI is InChI=1S/C14H17NO3S/c1-15-14(11-19(16,17)18)10-6-5-9-13(14)12-7-3-2-4-8-12/h2-9,15H,10-11H2,1H3,(H,16,17,18). The van der Waals surface area contributed by atoms with Crippen LogP contribution in [0.2, 0.25) is 0 Å². The van der Waals surface area contributed by atoms with Gasteiger partial charge in [-0.05, 0) is 24.6 Å². The van der Waals surface area contributed by atoms with Crippen LogP contribution in [-0.2, 0) is 10.1 Å². The highest BCUT2D eigenvalue weighted by molar-refractivity contribution is 7.85. The molecule has 0 heterocycles. The SMILES string of the molecule is CNC1(CS(=O)(=O)O)CC=CC=C1c1ccccc1. The Morgan fingerprint density at radius 2 is 2.00 bits per heavy atom. The van der Waals surface area contributed by atoms with Crippen LogP contribution in [0.3, 0.4) is 0 Å². The van der Waals surface area contributed by atoms with Crippen LogP contribution in [0.25, 0.3) is 5.57 Å². The third-order valence-electron chi connectivity index (χ3n) is 3.37. The lowest BCUT2D eigenvalue weighted by atomic mass is 9.81. The highest BCUT2D eigenvalue weighted by Crippen LogP contribution is 2.34. The average Bonchev–Trinajstić information content (AvgIpc) is 2.38. The molecule has 4 nitrogen and oxygen atoms in total. The van der Waals surface area contributed by atoms with Crippen molar-refractivity contribution >= 4 is 15.7 Å². The summed E-state index contributed by atoms with van der Waals surface area (Å²) >= 11 is 0. The van der Waals surface area contributed by atoms with Crippen LogP contribution in [0.15, 0.2) is 48.6 Å². The maximum atomic E-state index is 11.3. The van der Waals surface area contributed by atoms with Crippen LogP contribution >= 0.6 is 0 Å². The smallest absolute Gasteiger partial charge is 0.267 e. The zero-order chi connectivity index (χ0) is 13.9. The molecule has 102 valence electrons. The molecular weight excluding hydrogens is 262 g/mol. The second-order valence-corrected chi connectivity index (χ2v) is 6.09. The second kappa shape index (κ2) is 5.28. The molecule has 1 aliphatic carbocycles. The maximum Gasteiger partial charge on any atom is 0.267 e. The number of allylic oxidation sites excluding steroid dienone is 2. The minimum atomic E-state index is -4.07. The van der Waals surface area contributed by atoms with E-state index in [1.165, 1.54) is 0 Å². The lowest BCUT2D eigenvalue weighted by Gasteiger charge is -2.36. The Bertz CT molecular complexity index is 605. The Morgan fingerprint density at radius 3 is 2.58 bits per heavy atom. The molecule has 0 saturated heterocycles. The minimum Gasteiger partial charge on any atom is -0.309 e. The summed E-state index contributed by atoms with van der Waals surface area (Å²) in [5, 5.41) is 3.06. The number of benzene rings is 1. The Morgan fingerprint density at radius 1 is 1.32 bits per heavy atom. The summed E-state index contributed by atoms with van der Waals surface area (Å²) in [6.07, 6.45) is 6.21. The molecular formula is C14H17NO3S. The van der Waals surface area contributed by atoms with E-state index in [1.54, 1.807) is 7.05 Å². The number of nitrogens with one attached hydrogen (secondary N) is 1. The summed E-state index contributed by atoms with van der Waals surface area (Å²) in [6, 6.07) is 9.58. The fraction of sp³-hybridized carbons (Fsp3) is 0.286. The van der Waals surface area contributed by atoms with Gasteiger partial charge in [-0.25, -0.2) is 0 Å². The van der Waals surface area contributed by atoms with Gasteiger partial charge in [-0.15, -0.1) is 0 Å². The molecule has 0 aliphatic heterocycles. The number of hydrogen-bond donors (Lipinski definition) is 2. The first-order valence-electron chi connectivity index (χ1n) is 6.04. The molecule has 2 N–H and O–H groups in total. The molecule has 0 bridgehead atoms. The van der Waals surface area contributed by atoms with E-state index in [9.17, 15) is 13.0 Å². The largest absolute Gasteiger partial charge is 0.309 e. The Balaban J connectivity index is 2.48. The topological polar surface area (TPSA) is 66.4 Å². The van der Waals surface area contributed by atoms with Gasteiger partial charge in [0.25, 0.3) is 10.1 Å². The van der Waals surface area contributed by atoms with E-state index in [1.807, 2.05) is 48.6 Å². The normalized spacial score (nSPS) is 23.2. The lowest BCUT2D eigenvalue weighted by Crippen LogP contribution is -2.50. The van der Waals surface area contributed by atoms with Crippen molar-refractivity contribution in [2.24, 2.45) is 0 Å². The van der Waals surface area contributed by atoms with Gasteiger partial charge in [0.1, 0.15) is 0 Å². The van der Waals surface area contributed by atoms with Crippen LogP contribution in [-0.4, -0.2) is 31.3 Å². The molecule has 1 aliphatic rings. The van der Waals surface area contributed by atoms with E-state index in [2.05, 4.69) is 5.32 Å². The maximum absolute atomic E-state index is 11.3. The van der Waals surface area contributed by atoms with Gasteiger partial charge >= 0.3 is 0 Å². The Hall–Kier alpha value is -1.43. The van der Waals surface area contributed by atoms with Crippen LogP contribution in [0, 0.1) is 0 Å². The minimum absolute atomic E-state index is 0.346. The molecule has 1 aromatic rings. The highest BCUT2D eigenvalue weighted by Gasteiger charge is 2.37. The van der Waals surface area contributed by atoms with Crippen LogP contribution in [0.4, 0.5) is 0 Å². The molecule has 2 rings (SSSR count). The lowest BCUT2D eigenvalue weighted by molar-refractivity contribution is 0.441. The quantitative estimate of drug-likeness (QED) is 0.826. The zero-order valence-corrected chi connectivity index (χ0v) is 11.5. The van der Waals surface area contributed by atoms with Crippen molar-refractivity contribution in [3.8, 4) is 0 Å². The van der Waals surface area contributed by atoms with Gasteiger partial charge in [0.2, 0.25) is 0 Å². The first kappa shape index (κ1) is 14.0. The monoisotopic (exact) mass is 279 g/mol. The number of hydrogen-bond acceptors (Lipinski definition) is 3. The summed E-state index contributed by atoms with van der Waals surface area (Å²) in [5.74, 6) is -0.346. The molecule has 0 aromatic heterocycles. The van der Waals surface area contributed by atoms with E-state index in [0.717, 1.165) is 11.1 Å². The second-order valence-electron chi connectivity index (χ2n) is 4.64. The third kappa shape index (κ3) is 3.12. The summed E-state index contributed by atoms with van der Waals surface area (Å²) in [4.78, 5) is 0. The first-order valence-corrected chi connectivity index (χ1v) is 7.65. The summed E-state index contributed by atoms with van der Waals surface area (Å²) in [5.41, 5.74) is 1.03. The van der Waals surface area contributed by atoms with Gasteiger partial charge in [-0.2, -0.15) is 8.42 Å². The molecule has 1 aromatic carbocycles.